The van der Waals surface area contributed by atoms with Crippen molar-refractivity contribution in [3.63, 3.8) is 0 Å². The van der Waals surface area contributed by atoms with E-state index in [9.17, 15) is 4.79 Å². The molecule has 3 rings (SSSR count). The SMILES string of the molecule is O=C(Cc1ccccc1)Nc1ccc(Nc2ccc(Cl)cc2Cl)nn1. The minimum absolute atomic E-state index is 0.151. The van der Waals surface area contributed by atoms with Crippen molar-refractivity contribution in [2.75, 3.05) is 10.6 Å². The van der Waals surface area contributed by atoms with Crippen molar-refractivity contribution in [3.05, 3.63) is 76.3 Å². The van der Waals surface area contributed by atoms with E-state index in [2.05, 4.69) is 20.8 Å². The Hall–Kier alpha value is -2.63. The van der Waals surface area contributed by atoms with E-state index in [-0.39, 0.29) is 12.3 Å². The highest BCUT2D eigenvalue weighted by atomic mass is 35.5. The van der Waals surface area contributed by atoms with Crippen molar-refractivity contribution in [2.45, 2.75) is 6.42 Å². The first kappa shape index (κ1) is 17.2. The highest BCUT2D eigenvalue weighted by Crippen LogP contribution is 2.27. The number of carbonyl (C=O) groups is 1. The van der Waals surface area contributed by atoms with Gasteiger partial charge in [0.1, 0.15) is 0 Å². The number of hydrogen-bond acceptors (Lipinski definition) is 4. The number of nitrogens with zero attached hydrogens (tertiary/aromatic N) is 2. The van der Waals surface area contributed by atoms with Gasteiger partial charge in [0.2, 0.25) is 5.91 Å². The molecule has 0 saturated heterocycles. The number of halogens is 2. The maximum atomic E-state index is 12.0. The molecule has 0 aliphatic carbocycles. The Morgan fingerprint density at radius 1 is 0.920 bits per heavy atom. The molecule has 1 heterocycles. The van der Waals surface area contributed by atoms with Crippen LogP contribution in [0.25, 0.3) is 0 Å². The Morgan fingerprint density at radius 3 is 2.32 bits per heavy atom. The van der Waals surface area contributed by atoms with Crippen LogP contribution >= 0.6 is 23.2 Å². The van der Waals surface area contributed by atoms with Crippen LogP contribution in [0.1, 0.15) is 5.56 Å². The van der Waals surface area contributed by atoms with Crippen LogP contribution in [0, 0.1) is 0 Å². The minimum Gasteiger partial charge on any atom is -0.338 e. The number of carbonyl (C=O) groups excluding carboxylic acids is 1. The molecule has 1 amide bonds. The quantitative estimate of drug-likeness (QED) is 0.680. The van der Waals surface area contributed by atoms with Crippen LogP contribution in [-0.4, -0.2) is 16.1 Å². The fraction of sp³-hybridized carbons (Fsp3) is 0.0556. The van der Waals surface area contributed by atoms with Gasteiger partial charge in [0.05, 0.1) is 17.1 Å². The van der Waals surface area contributed by atoms with E-state index < -0.39 is 0 Å². The first-order valence-corrected chi connectivity index (χ1v) is 8.25. The van der Waals surface area contributed by atoms with E-state index in [4.69, 9.17) is 23.2 Å². The lowest BCUT2D eigenvalue weighted by Crippen LogP contribution is -2.15. The molecular formula is C18H14Cl2N4O. The van der Waals surface area contributed by atoms with E-state index in [1.54, 1.807) is 30.3 Å². The van der Waals surface area contributed by atoms with Crippen molar-refractivity contribution in [1.82, 2.24) is 10.2 Å². The molecule has 0 aliphatic rings. The van der Waals surface area contributed by atoms with Crippen LogP contribution in [0.2, 0.25) is 10.0 Å². The maximum absolute atomic E-state index is 12.0. The number of nitrogens with one attached hydrogen (secondary N) is 2. The number of rotatable bonds is 5. The summed E-state index contributed by atoms with van der Waals surface area (Å²) in [6.45, 7) is 0. The summed E-state index contributed by atoms with van der Waals surface area (Å²) < 4.78 is 0. The van der Waals surface area contributed by atoms with Crippen molar-refractivity contribution in [1.29, 1.82) is 0 Å². The van der Waals surface area contributed by atoms with Gasteiger partial charge in [-0.05, 0) is 35.9 Å². The largest absolute Gasteiger partial charge is 0.338 e. The molecule has 0 aliphatic heterocycles. The normalized spacial score (nSPS) is 10.3. The van der Waals surface area contributed by atoms with Gasteiger partial charge in [0.15, 0.2) is 11.6 Å². The van der Waals surface area contributed by atoms with Gasteiger partial charge in [-0.25, -0.2) is 0 Å². The van der Waals surface area contributed by atoms with Crippen LogP contribution in [0.3, 0.4) is 0 Å². The van der Waals surface area contributed by atoms with Gasteiger partial charge in [-0.2, -0.15) is 0 Å². The van der Waals surface area contributed by atoms with E-state index in [1.807, 2.05) is 30.3 Å². The van der Waals surface area contributed by atoms with Crippen LogP contribution in [0.5, 0.6) is 0 Å². The van der Waals surface area contributed by atoms with Crippen molar-refractivity contribution in [3.8, 4) is 0 Å². The summed E-state index contributed by atoms with van der Waals surface area (Å²) in [5, 5.41) is 14.8. The van der Waals surface area contributed by atoms with Crippen LogP contribution in [0.4, 0.5) is 17.3 Å². The van der Waals surface area contributed by atoms with Crippen molar-refractivity contribution >= 4 is 46.4 Å². The number of amides is 1. The first-order valence-electron chi connectivity index (χ1n) is 7.50. The number of benzene rings is 2. The highest BCUT2D eigenvalue weighted by molar-refractivity contribution is 6.36. The average molecular weight is 373 g/mol. The van der Waals surface area contributed by atoms with Crippen molar-refractivity contribution < 1.29 is 4.79 Å². The summed E-state index contributed by atoms with van der Waals surface area (Å²) in [7, 11) is 0. The van der Waals surface area contributed by atoms with Gasteiger partial charge in [-0.15, -0.1) is 10.2 Å². The Morgan fingerprint density at radius 2 is 1.64 bits per heavy atom. The fourth-order valence-electron chi connectivity index (χ4n) is 2.16. The zero-order chi connectivity index (χ0) is 17.6. The molecule has 1 aromatic heterocycles. The Bertz CT molecular complexity index is 870. The number of anilines is 3. The molecule has 0 spiro atoms. The highest BCUT2D eigenvalue weighted by Gasteiger charge is 2.07. The molecule has 0 atom stereocenters. The molecule has 2 aromatic carbocycles. The summed E-state index contributed by atoms with van der Waals surface area (Å²) in [6, 6.07) is 18.0. The molecule has 0 unspecified atom stereocenters. The topological polar surface area (TPSA) is 66.9 Å². The molecular weight excluding hydrogens is 359 g/mol. The van der Waals surface area contributed by atoms with E-state index >= 15 is 0 Å². The van der Waals surface area contributed by atoms with E-state index in [1.165, 1.54) is 0 Å². The van der Waals surface area contributed by atoms with E-state index in [0.29, 0.717) is 27.4 Å². The molecule has 0 fully saturated rings. The Balaban J connectivity index is 1.61. The van der Waals surface area contributed by atoms with Gasteiger partial charge in [-0.1, -0.05) is 53.5 Å². The summed E-state index contributed by atoms with van der Waals surface area (Å²) >= 11 is 12.0. The first-order chi connectivity index (χ1) is 12.1. The van der Waals surface area contributed by atoms with Crippen molar-refractivity contribution in [2.24, 2.45) is 0 Å². The molecule has 2 N–H and O–H groups in total. The zero-order valence-electron chi connectivity index (χ0n) is 13.0. The van der Waals surface area contributed by atoms with Crippen LogP contribution in [-0.2, 0) is 11.2 Å². The monoisotopic (exact) mass is 372 g/mol. The number of aromatic nitrogens is 2. The smallest absolute Gasteiger partial charge is 0.229 e. The molecule has 0 saturated carbocycles. The predicted molar refractivity (Wildman–Crippen MR) is 101 cm³/mol. The second kappa shape index (κ2) is 7.96. The molecule has 7 heteroatoms. The fourth-order valence-corrected chi connectivity index (χ4v) is 2.62. The van der Waals surface area contributed by atoms with Gasteiger partial charge in [0, 0.05) is 5.02 Å². The third-order valence-corrected chi connectivity index (χ3v) is 3.88. The molecule has 0 radical (unpaired) electrons. The van der Waals surface area contributed by atoms with Crippen LogP contribution < -0.4 is 10.6 Å². The second-order valence-corrected chi connectivity index (χ2v) is 6.11. The maximum Gasteiger partial charge on any atom is 0.229 e. The summed E-state index contributed by atoms with van der Waals surface area (Å²) in [5.74, 6) is 0.737. The summed E-state index contributed by atoms with van der Waals surface area (Å²) in [6.07, 6.45) is 0.281. The summed E-state index contributed by atoms with van der Waals surface area (Å²) in [4.78, 5) is 12.0. The lowest BCUT2D eigenvalue weighted by Gasteiger charge is -2.08. The van der Waals surface area contributed by atoms with E-state index in [0.717, 1.165) is 5.56 Å². The third kappa shape index (κ3) is 4.92. The summed E-state index contributed by atoms with van der Waals surface area (Å²) in [5.41, 5.74) is 1.60. The second-order valence-electron chi connectivity index (χ2n) is 5.26. The predicted octanol–water partition coefficient (Wildman–Crippen LogP) is 4.71. The molecule has 0 bridgehead atoms. The lowest BCUT2D eigenvalue weighted by molar-refractivity contribution is -0.115. The van der Waals surface area contributed by atoms with Gasteiger partial charge in [-0.3, -0.25) is 4.79 Å². The number of hydrogen-bond donors (Lipinski definition) is 2. The van der Waals surface area contributed by atoms with Gasteiger partial charge < -0.3 is 10.6 Å². The lowest BCUT2D eigenvalue weighted by atomic mass is 10.1. The Kier molecular flexibility index (Phi) is 5.48. The Labute approximate surface area is 155 Å². The molecule has 5 nitrogen and oxygen atoms in total. The molecule has 3 aromatic rings. The average Bonchev–Trinajstić information content (AvgIpc) is 2.60. The molecule has 126 valence electrons. The van der Waals surface area contributed by atoms with Gasteiger partial charge in [0.25, 0.3) is 0 Å². The molecule has 25 heavy (non-hydrogen) atoms. The minimum atomic E-state index is -0.151. The third-order valence-electron chi connectivity index (χ3n) is 3.33. The van der Waals surface area contributed by atoms with Gasteiger partial charge >= 0.3 is 0 Å². The standard InChI is InChI=1S/C18H14Cl2N4O/c19-13-6-7-15(14(20)11-13)21-16-8-9-17(24-23-16)22-18(25)10-12-4-2-1-3-5-12/h1-9,11H,10H2,(H,21,23)(H,22,24,25). The zero-order valence-corrected chi connectivity index (χ0v) is 14.6. The van der Waals surface area contributed by atoms with Crippen LogP contribution in [0.15, 0.2) is 60.7 Å².